The second-order valence-electron chi connectivity index (χ2n) is 4.40. The molecule has 0 bridgehead atoms. The maximum absolute atomic E-state index is 11.5. The fraction of sp³-hybridized carbons (Fsp3) is 0.636. The van der Waals surface area contributed by atoms with E-state index < -0.39 is 0 Å². The summed E-state index contributed by atoms with van der Waals surface area (Å²) in [5, 5.41) is 4.52. The first-order valence-corrected chi connectivity index (χ1v) is 5.47. The van der Waals surface area contributed by atoms with Gasteiger partial charge in [0.2, 0.25) is 0 Å². The number of methoxy groups -OCH3 is 1. The van der Waals surface area contributed by atoms with Crippen LogP contribution in [0, 0.1) is 0 Å². The van der Waals surface area contributed by atoms with Crippen LogP contribution in [0.15, 0.2) is 6.07 Å². The molecule has 0 radical (unpaired) electrons. The molecule has 0 aromatic carbocycles. The van der Waals surface area contributed by atoms with Crippen molar-refractivity contribution in [3.63, 3.8) is 0 Å². The molecule has 2 aliphatic carbocycles. The van der Waals surface area contributed by atoms with Crippen molar-refractivity contribution < 1.29 is 9.53 Å². The number of esters is 1. The molecule has 15 heavy (non-hydrogen) atoms. The molecule has 2 saturated carbocycles. The predicted molar refractivity (Wildman–Crippen MR) is 53.8 cm³/mol. The van der Waals surface area contributed by atoms with Crippen molar-refractivity contribution in [2.24, 2.45) is 0 Å². The fourth-order valence-corrected chi connectivity index (χ4v) is 1.85. The first kappa shape index (κ1) is 8.95. The van der Waals surface area contributed by atoms with Gasteiger partial charge in [-0.05, 0) is 31.7 Å². The smallest absolute Gasteiger partial charge is 0.356 e. The number of ether oxygens (including phenoxy) is 1. The molecule has 4 nitrogen and oxygen atoms in total. The highest BCUT2D eigenvalue weighted by Gasteiger charge is 2.33. The highest BCUT2D eigenvalue weighted by molar-refractivity contribution is 5.87. The van der Waals surface area contributed by atoms with Gasteiger partial charge in [-0.1, -0.05) is 0 Å². The molecule has 0 N–H and O–H groups in total. The molecule has 1 heterocycles. The number of aromatic nitrogens is 2. The second kappa shape index (κ2) is 3.08. The molecule has 0 amide bonds. The topological polar surface area (TPSA) is 44.1 Å². The first-order chi connectivity index (χ1) is 7.29. The summed E-state index contributed by atoms with van der Waals surface area (Å²) in [5.41, 5.74) is 1.70. The Bertz CT molecular complexity index is 403. The molecule has 2 fully saturated rings. The zero-order valence-electron chi connectivity index (χ0n) is 8.77. The zero-order chi connectivity index (χ0) is 10.4. The Morgan fingerprint density at radius 1 is 1.47 bits per heavy atom. The van der Waals surface area contributed by atoms with Gasteiger partial charge in [-0.2, -0.15) is 5.10 Å². The molecule has 0 unspecified atom stereocenters. The van der Waals surface area contributed by atoms with Crippen molar-refractivity contribution in [1.29, 1.82) is 0 Å². The number of hydrogen-bond donors (Lipinski definition) is 0. The summed E-state index contributed by atoms with van der Waals surface area (Å²) in [6.07, 6.45) is 4.69. The van der Waals surface area contributed by atoms with E-state index in [4.69, 9.17) is 4.74 Å². The summed E-state index contributed by atoms with van der Waals surface area (Å²) in [5.74, 6) is 0.328. The van der Waals surface area contributed by atoms with Gasteiger partial charge in [-0.25, -0.2) is 4.79 Å². The van der Waals surface area contributed by atoms with E-state index in [1.165, 1.54) is 20.0 Å². The van der Waals surface area contributed by atoms with Crippen molar-refractivity contribution in [2.45, 2.75) is 37.6 Å². The summed E-state index contributed by atoms with van der Waals surface area (Å²) < 4.78 is 6.63. The largest absolute Gasteiger partial charge is 0.464 e. The van der Waals surface area contributed by atoms with Crippen LogP contribution in [-0.2, 0) is 4.74 Å². The lowest BCUT2D eigenvalue weighted by molar-refractivity contribution is 0.0586. The van der Waals surface area contributed by atoms with Crippen LogP contribution in [0.5, 0.6) is 0 Å². The van der Waals surface area contributed by atoms with Gasteiger partial charge in [0.25, 0.3) is 0 Å². The van der Waals surface area contributed by atoms with Crippen LogP contribution >= 0.6 is 0 Å². The van der Waals surface area contributed by atoms with Crippen LogP contribution in [0.3, 0.4) is 0 Å². The average Bonchev–Trinajstić information content (AvgIpc) is 3.15. The molecule has 80 valence electrons. The quantitative estimate of drug-likeness (QED) is 0.709. The summed E-state index contributed by atoms with van der Waals surface area (Å²) in [6.45, 7) is 0. The maximum Gasteiger partial charge on any atom is 0.356 e. The summed E-state index contributed by atoms with van der Waals surface area (Å²) >= 11 is 0. The first-order valence-electron chi connectivity index (χ1n) is 5.47. The van der Waals surface area contributed by atoms with Gasteiger partial charge in [-0.15, -0.1) is 0 Å². The Labute approximate surface area is 88.2 Å². The van der Waals surface area contributed by atoms with E-state index in [1.807, 2.05) is 10.7 Å². The van der Waals surface area contributed by atoms with Gasteiger partial charge in [0.1, 0.15) is 5.69 Å². The van der Waals surface area contributed by atoms with Crippen LogP contribution < -0.4 is 0 Å². The van der Waals surface area contributed by atoms with Crippen molar-refractivity contribution >= 4 is 5.97 Å². The van der Waals surface area contributed by atoms with Crippen molar-refractivity contribution in [1.82, 2.24) is 9.78 Å². The van der Waals surface area contributed by atoms with E-state index in [0.717, 1.165) is 18.5 Å². The van der Waals surface area contributed by atoms with Crippen LogP contribution in [0.2, 0.25) is 0 Å². The fourth-order valence-electron chi connectivity index (χ4n) is 1.85. The van der Waals surface area contributed by atoms with Crippen LogP contribution in [0.1, 0.15) is 53.8 Å². The molecule has 0 aliphatic heterocycles. The molecule has 1 aromatic rings. The Kier molecular flexibility index (Phi) is 1.84. The zero-order valence-corrected chi connectivity index (χ0v) is 8.77. The van der Waals surface area contributed by atoms with Gasteiger partial charge < -0.3 is 4.74 Å². The lowest BCUT2D eigenvalue weighted by atomic mass is 10.3. The van der Waals surface area contributed by atoms with Crippen molar-refractivity contribution in [3.8, 4) is 0 Å². The number of rotatable bonds is 3. The molecular weight excluding hydrogens is 192 g/mol. The van der Waals surface area contributed by atoms with Crippen molar-refractivity contribution in [2.75, 3.05) is 7.11 Å². The minimum absolute atomic E-state index is 0.263. The van der Waals surface area contributed by atoms with E-state index >= 15 is 0 Å². The molecule has 0 atom stereocenters. The second-order valence-corrected chi connectivity index (χ2v) is 4.40. The molecule has 0 spiro atoms. The Hall–Kier alpha value is -1.32. The third-order valence-electron chi connectivity index (χ3n) is 3.04. The van der Waals surface area contributed by atoms with E-state index in [0.29, 0.717) is 17.7 Å². The van der Waals surface area contributed by atoms with E-state index in [1.54, 1.807) is 0 Å². The Morgan fingerprint density at radius 2 is 2.20 bits per heavy atom. The maximum atomic E-state index is 11.5. The third-order valence-corrected chi connectivity index (χ3v) is 3.04. The lowest BCUT2D eigenvalue weighted by Gasteiger charge is -2.02. The molecule has 2 aliphatic rings. The predicted octanol–water partition coefficient (Wildman–Crippen LogP) is 1.88. The van der Waals surface area contributed by atoms with Crippen LogP contribution in [-0.4, -0.2) is 22.9 Å². The summed E-state index contributed by atoms with van der Waals surface area (Å²) in [6, 6.07) is 2.34. The van der Waals surface area contributed by atoms with E-state index in [-0.39, 0.29) is 5.97 Å². The van der Waals surface area contributed by atoms with E-state index in [2.05, 4.69) is 5.10 Å². The van der Waals surface area contributed by atoms with Gasteiger partial charge in [-0.3, -0.25) is 4.68 Å². The molecule has 3 rings (SSSR count). The standard InChI is InChI=1S/C11H14N2O2/c1-15-11(14)10-6-9(7-2-3-7)12-13(10)8-4-5-8/h6-8H,2-5H2,1H3. The summed E-state index contributed by atoms with van der Waals surface area (Å²) in [7, 11) is 1.42. The average molecular weight is 206 g/mol. The minimum atomic E-state index is -0.263. The Morgan fingerprint density at radius 3 is 2.73 bits per heavy atom. The van der Waals surface area contributed by atoms with Gasteiger partial charge in [0, 0.05) is 5.92 Å². The molecule has 4 heteroatoms. The van der Waals surface area contributed by atoms with Gasteiger partial charge >= 0.3 is 5.97 Å². The minimum Gasteiger partial charge on any atom is -0.464 e. The SMILES string of the molecule is COC(=O)c1cc(C2CC2)nn1C1CC1. The third kappa shape index (κ3) is 1.54. The highest BCUT2D eigenvalue weighted by atomic mass is 16.5. The molecular formula is C11H14N2O2. The number of hydrogen-bond acceptors (Lipinski definition) is 3. The number of nitrogens with zero attached hydrogens (tertiary/aromatic N) is 2. The molecule has 0 saturated heterocycles. The lowest BCUT2D eigenvalue weighted by Crippen LogP contribution is -2.10. The monoisotopic (exact) mass is 206 g/mol. The highest BCUT2D eigenvalue weighted by Crippen LogP contribution is 2.42. The molecule has 1 aromatic heterocycles. The van der Waals surface area contributed by atoms with Crippen LogP contribution in [0.25, 0.3) is 0 Å². The van der Waals surface area contributed by atoms with E-state index in [9.17, 15) is 4.79 Å². The van der Waals surface area contributed by atoms with Gasteiger partial charge in [0.05, 0.1) is 18.8 Å². The normalized spacial score (nSPS) is 20.3. The summed E-state index contributed by atoms with van der Waals surface area (Å²) in [4.78, 5) is 11.5. The van der Waals surface area contributed by atoms with Crippen LogP contribution in [0.4, 0.5) is 0 Å². The van der Waals surface area contributed by atoms with Gasteiger partial charge in [0.15, 0.2) is 0 Å². The Balaban J connectivity index is 1.97. The number of carbonyl (C=O) groups is 1. The number of carbonyl (C=O) groups excluding carboxylic acids is 1. The van der Waals surface area contributed by atoms with Crippen molar-refractivity contribution in [3.05, 3.63) is 17.5 Å².